The Labute approximate surface area is 178 Å². The number of rotatable bonds is 3. The number of alkyl halides is 3. The largest absolute Gasteiger partial charge is 0.405 e. The molecule has 3 nitrogen and oxygen atoms in total. The zero-order valence-electron chi connectivity index (χ0n) is 17.2. The van der Waals surface area contributed by atoms with Gasteiger partial charge >= 0.3 is 6.18 Å². The number of nitrogens with zero attached hydrogens (tertiary/aromatic N) is 2. The number of benzene rings is 1. The zero-order chi connectivity index (χ0) is 21.0. The van der Waals surface area contributed by atoms with Crippen LogP contribution in [0.4, 0.5) is 13.2 Å². The normalized spacial score (nSPS) is 31.8. The maximum atomic E-state index is 13.4. The Kier molecular flexibility index (Phi) is 5.30. The number of fused-ring (bicyclic) bond motifs is 3. The van der Waals surface area contributed by atoms with Crippen molar-refractivity contribution in [2.75, 3.05) is 20.2 Å². The minimum Gasteiger partial charge on any atom is -0.381 e. The van der Waals surface area contributed by atoms with Crippen LogP contribution in [0.15, 0.2) is 27.7 Å². The average molecular weight is 473 g/mol. The predicted octanol–water partition coefficient (Wildman–Crippen LogP) is 5.71. The first-order valence-corrected chi connectivity index (χ1v) is 11.1. The molecule has 1 aliphatic heterocycles. The third kappa shape index (κ3) is 3.52. The van der Waals surface area contributed by atoms with Crippen molar-refractivity contribution in [3.63, 3.8) is 0 Å². The van der Waals surface area contributed by atoms with E-state index in [1.807, 2.05) is 19.9 Å². The van der Waals surface area contributed by atoms with E-state index in [-0.39, 0.29) is 17.4 Å². The van der Waals surface area contributed by atoms with Gasteiger partial charge in [-0.3, -0.25) is 4.99 Å². The summed E-state index contributed by atoms with van der Waals surface area (Å²) in [6.45, 7) is 3.24. The van der Waals surface area contributed by atoms with Gasteiger partial charge in [0.1, 0.15) is 17.9 Å². The van der Waals surface area contributed by atoms with Gasteiger partial charge in [0.2, 0.25) is 0 Å². The summed E-state index contributed by atoms with van der Waals surface area (Å²) >= 11 is 3.57. The first-order valence-electron chi connectivity index (χ1n) is 10.3. The van der Waals surface area contributed by atoms with E-state index in [0.29, 0.717) is 12.4 Å². The highest BCUT2D eigenvalue weighted by atomic mass is 79.9. The van der Waals surface area contributed by atoms with Gasteiger partial charge < -0.3 is 9.64 Å². The Bertz CT molecular complexity index is 815. The lowest BCUT2D eigenvalue weighted by Gasteiger charge is -2.46. The van der Waals surface area contributed by atoms with Crippen LogP contribution >= 0.6 is 15.9 Å². The SMILES string of the molecule is COC1CCC2(CC1)Cc1ccc(Br)cc1C21CN(CC(F)(F)F)C(C(C)C)=N1. The molecule has 4 rings (SSSR count). The van der Waals surface area contributed by atoms with E-state index in [4.69, 9.17) is 9.73 Å². The van der Waals surface area contributed by atoms with Gasteiger partial charge in [0, 0.05) is 29.5 Å². The number of hydrogen-bond donors (Lipinski definition) is 0. The Balaban J connectivity index is 1.82. The molecule has 1 heterocycles. The molecular weight excluding hydrogens is 445 g/mol. The van der Waals surface area contributed by atoms with Gasteiger partial charge in [-0.15, -0.1) is 0 Å². The quantitative estimate of drug-likeness (QED) is 0.562. The van der Waals surface area contributed by atoms with Crippen LogP contribution < -0.4 is 0 Å². The molecule has 0 amide bonds. The summed E-state index contributed by atoms with van der Waals surface area (Å²) in [7, 11) is 1.74. The number of methoxy groups -OCH3 is 1. The topological polar surface area (TPSA) is 24.8 Å². The van der Waals surface area contributed by atoms with E-state index in [2.05, 4.69) is 28.1 Å². The maximum absolute atomic E-state index is 13.4. The third-order valence-electron chi connectivity index (χ3n) is 7.08. The Morgan fingerprint density at radius 1 is 1.28 bits per heavy atom. The van der Waals surface area contributed by atoms with Crippen LogP contribution in [0.25, 0.3) is 0 Å². The lowest BCUT2D eigenvalue weighted by molar-refractivity contribution is -0.139. The zero-order valence-corrected chi connectivity index (χ0v) is 18.7. The molecule has 1 unspecified atom stereocenters. The molecule has 1 aromatic rings. The molecule has 0 bridgehead atoms. The smallest absolute Gasteiger partial charge is 0.381 e. The van der Waals surface area contributed by atoms with Gasteiger partial charge in [0.05, 0.1) is 6.10 Å². The van der Waals surface area contributed by atoms with Crippen LogP contribution in [-0.2, 0) is 16.7 Å². The first kappa shape index (κ1) is 21.2. The molecule has 1 atom stereocenters. The fourth-order valence-corrected chi connectivity index (χ4v) is 6.15. The number of aliphatic imine (C=N–C) groups is 1. The molecule has 0 saturated heterocycles. The summed E-state index contributed by atoms with van der Waals surface area (Å²) in [6, 6.07) is 6.24. The highest BCUT2D eigenvalue weighted by Crippen LogP contribution is 2.62. The molecule has 1 aromatic carbocycles. The van der Waals surface area contributed by atoms with Crippen LogP contribution in [-0.4, -0.2) is 43.2 Å². The van der Waals surface area contributed by atoms with Gasteiger partial charge in [-0.2, -0.15) is 13.2 Å². The summed E-state index contributed by atoms with van der Waals surface area (Å²) < 4.78 is 46.7. The van der Waals surface area contributed by atoms with Crippen LogP contribution in [0.3, 0.4) is 0 Å². The van der Waals surface area contributed by atoms with E-state index >= 15 is 0 Å². The summed E-state index contributed by atoms with van der Waals surface area (Å²) in [5, 5.41) is 0. The molecule has 2 spiro atoms. The van der Waals surface area contributed by atoms with Crippen LogP contribution in [0.2, 0.25) is 0 Å². The molecule has 0 radical (unpaired) electrons. The van der Waals surface area contributed by atoms with Gasteiger partial charge in [-0.25, -0.2) is 0 Å². The fourth-order valence-electron chi connectivity index (χ4n) is 5.79. The van der Waals surface area contributed by atoms with E-state index in [1.54, 1.807) is 7.11 Å². The van der Waals surface area contributed by atoms with Crippen molar-refractivity contribution in [1.82, 2.24) is 4.90 Å². The Morgan fingerprint density at radius 3 is 2.55 bits per heavy atom. The number of halogens is 4. The third-order valence-corrected chi connectivity index (χ3v) is 7.58. The van der Waals surface area contributed by atoms with E-state index in [1.165, 1.54) is 10.5 Å². The van der Waals surface area contributed by atoms with E-state index in [0.717, 1.165) is 42.1 Å². The highest BCUT2D eigenvalue weighted by Gasteiger charge is 2.62. The molecular formula is C22H28BrF3N2O. The van der Waals surface area contributed by atoms with Crippen molar-refractivity contribution in [2.45, 2.75) is 63.8 Å². The minimum absolute atomic E-state index is 0.0553. The summed E-state index contributed by atoms with van der Waals surface area (Å²) in [4.78, 5) is 6.67. The van der Waals surface area contributed by atoms with Crippen molar-refractivity contribution in [1.29, 1.82) is 0 Å². The predicted molar refractivity (Wildman–Crippen MR) is 111 cm³/mol. The van der Waals surface area contributed by atoms with Crippen LogP contribution in [0, 0.1) is 11.3 Å². The molecule has 160 valence electrons. The van der Waals surface area contributed by atoms with Crippen LogP contribution in [0.1, 0.15) is 50.7 Å². The standard InChI is InChI=1S/C22H28BrF3N2O/c1-14(2)19-27-21(12-28(19)13-22(24,25)26)18-10-16(23)5-4-15(18)11-20(21)8-6-17(29-3)7-9-20/h4-5,10,14,17H,6-9,11-13H2,1-3H3. The summed E-state index contributed by atoms with van der Waals surface area (Å²) in [5.74, 6) is 0.531. The van der Waals surface area contributed by atoms with Crippen molar-refractivity contribution < 1.29 is 17.9 Å². The van der Waals surface area contributed by atoms with E-state index in [9.17, 15) is 13.2 Å². The Morgan fingerprint density at radius 2 is 1.97 bits per heavy atom. The summed E-state index contributed by atoms with van der Waals surface area (Å²) in [6.07, 6.45) is 0.563. The van der Waals surface area contributed by atoms with Crippen molar-refractivity contribution in [3.05, 3.63) is 33.8 Å². The number of amidine groups is 1. The van der Waals surface area contributed by atoms with Crippen LogP contribution in [0.5, 0.6) is 0 Å². The Hall–Kier alpha value is -1.08. The minimum atomic E-state index is -4.25. The molecule has 2 aliphatic carbocycles. The second-order valence-electron chi connectivity index (χ2n) is 9.15. The van der Waals surface area contributed by atoms with Gasteiger partial charge in [0.15, 0.2) is 0 Å². The van der Waals surface area contributed by atoms with Gasteiger partial charge in [-0.1, -0.05) is 35.8 Å². The lowest BCUT2D eigenvalue weighted by atomic mass is 9.61. The molecule has 0 aromatic heterocycles. The first-order chi connectivity index (χ1) is 13.6. The number of ether oxygens (including phenoxy) is 1. The maximum Gasteiger partial charge on any atom is 0.405 e. The second-order valence-corrected chi connectivity index (χ2v) is 10.1. The molecule has 29 heavy (non-hydrogen) atoms. The molecule has 1 saturated carbocycles. The van der Waals surface area contributed by atoms with Crippen molar-refractivity contribution >= 4 is 21.8 Å². The van der Waals surface area contributed by atoms with E-state index < -0.39 is 18.3 Å². The molecule has 3 aliphatic rings. The molecule has 0 N–H and O–H groups in total. The second kappa shape index (κ2) is 7.26. The van der Waals surface area contributed by atoms with Crippen molar-refractivity contribution in [3.8, 4) is 0 Å². The average Bonchev–Trinajstić information content (AvgIpc) is 3.13. The highest BCUT2D eigenvalue weighted by molar-refractivity contribution is 9.10. The monoisotopic (exact) mass is 472 g/mol. The molecule has 1 fully saturated rings. The molecule has 7 heteroatoms. The van der Waals surface area contributed by atoms with Gasteiger partial charge in [-0.05, 0) is 55.4 Å². The van der Waals surface area contributed by atoms with Crippen molar-refractivity contribution in [2.24, 2.45) is 16.3 Å². The summed E-state index contributed by atoms with van der Waals surface area (Å²) in [5.41, 5.74) is 1.57. The number of hydrogen-bond acceptors (Lipinski definition) is 3. The fraction of sp³-hybridized carbons (Fsp3) is 0.682. The lowest BCUT2D eigenvalue weighted by Crippen LogP contribution is -2.49. The van der Waals surface area contributed by atoms with Gasteiger partial charge in [0.25, 0.3) is 0 Å².